The Hall–Kier alpha value is -4.29. The quantitative estimate of drug-likeness (QED) is 0.111. The molecular formula is C26H33N7O5. The van der Waals surface area contributed by atoms with Gasteiger partial charge in [-0.2, -0.15) is 0 Å². The molecule has 1 unspecified atom stereocenters. The van der Waals surface area contributed by atoms with Gasteiger partial charge in [0.15, 0.2) is 5.66 Å². The van der Waals surface area contributed by atoms with Gasteiger partial charge in [0, 0.05) is 36.3 Å². The third-order valence-electron chi connectivity index (χ3n) is 6.24. The lowest BCUT2D eigenvalue weighted by molar-refractivity contribution is -0.150. The number of nitrogen functional groups attached to an aromatic ring is 1. The van der Waals surface area contributed by atoms with E-state index in [4.69, 9.17) is 16.9 Å². The largest absolute Gasteiger partial charge is 0.480 e. The van der Waals surface area contributed by atoms with E-state index in [1.807, 2.05) is 0 Å². The lowest BCUT2D eigenvalue weighted by Crippen LogP contribution is -2.72. The molecule has 2 aromatic carbocycles. The van der Waals surface area contributed by atoms with Crippen molar-refractivity contribution < 1.29 is 24.3 Å². The van der Waals surface area contributed by atoms with Crippen LogP contribution in [0.5, 0.6) is 0 Å². The second-order valence-electron chi connectivity index (χ2n) is 8.99. The molecule has 202 valence electrons. The van der Waals surface area contributed by atoms with E-state index >= 15 is 0 Å². The Morgan fingerprint density at radius 2 is 1.63 bits per heavy atom. The molecule has 1 heterocycles. The van der Waals surface area contributed by atoms with E-state index in [-0.39, 0.29) is 37.8 Å². The van der Waals surface area contributed by atoms with Gasteiger partial charge in [0.25, 0.3) is 17.7 Å². The Kier molecular flexibility index (Phi) is 9.52. The lowest BCUT2D eigenvalue weighted by atomic mass is 9.97. The molecule has 1 saturated heterocycles. The number of benzene rings is 2. The molecule has 0 radical (unpaired) electrons. The molecule has 0 spiro atoms. The summed E-state index contributed by atoms with van der Waals surface area (Å²) in [5.74, 6) is -2.63. The van der Waals surface area contributed by atoms with Crippen molar-refractivity contribution in [2.75, 3.05) is 32.7 Å². The Bertz CT molecular complexity index is 1180. The standard InChI is InChI=1S/C26H33N7O5/c27-12-10-17-2-4-20(5-3-17)24(37)32-26(25(38)33(15-14-31-26)16-21(34)35)11-1-13-30-23(36)19-8-6-18(7-9-19)22(28)29/h2-9,31H,1,10-16,27H2,(H3,28,29)(H,30,36)(H,32,37)(H,34,35). The predicted octanol–water partition coefficient (Wildman–Crippen LogP) is -0.375. The van der Waals surface area contributed by atoms with Gasteiger partial charge < -0.3 is 32.1 Å². The Balaban J connectivity index is 1.69. The first-order chi connectivity index (χ1) is 18.1. The van der Waals surface area contributed by atoms with Crippen LogP contribution in [0, 0.1) is 5.41 Å². The van der Waals surface area contributed by atoms with Crippen LogP contribution in [-0.2, 0) is 16.0 Å². The maximum Gasteiger partial charge on any atom is 0.323 e. The number of carbonyl (C=O) groups is 4. The van der Waals surface area contributed by atoms with E-state index in [0.717, 1.165) is 5.56 Å². The van der Waals surface area contributed by atoms with Crippen molar-refractivity contribution in [3.8, 4) is 0 Å². The molecule has 0 aliphatic carbocycles. The highest BCUT2D eigenvalue weighted by Gasteiger charge is 2.45. The summed E-state index contributed by atoms with van der Waals surface area (Å²) >= 11 is 0. The molecule has 0 bridgehead atoms. The first-order valence-electron chi connectivity index (χ1n) is 12.3. The molecule has 0 saturated carbocycles. The monoisotopic (exact) mass is 523 g/mol. The van der Waals surface area contributed by atoms with Crippen molar-refractivity contribution >= 4 is 29.5 Å². The maximum absolute atomic E-state index is 13.4. The summed E-state index contributed by atoms with van der Waals surface area (Å²) in [5, 5.41) is 25.3. The van der Waals surface area contributed by atoms with Crippen LogP contribution in [0.15, 0.2) is 48.5 Å². The van der Waals surface area contributed by atoms with Gasteiger partial charge in [-0.05, 0) is 55.6 Å². The fourth-order valence-electron chi connectivity index (χ4n) is 4.24. The third-order valence-corrected chi connectivity index (χ3v) is 6.24. The zero-order valence-corrected chi connectivity index (χ0v) is 21.0. The summed E-state index contributed by atoms with van der Waals surface area (Å²) in [5.41, 5.74) is 11.7. The molecule has 1 aliphatic rings. The number of hydrogen-bond acceptors (Lipinski definition) is 7. The SMILES string of the molecule is N=C(N)c1ccc(C(=O)NCCCC2(NC(=O)c3ccc(CCN)cc3)NCCN(CC(=O)O)C2=O)cc1. The minimum Gasteiger partial charge on any atom is -0.480 e. The number of aliphatic carboxylic acids is 1. The van der Waals surface area contributed by atoms with Gasteiger partial charge in [-0.1, -0.05) is 24.3 Å². The van der Waals surface area contributed by atoms with Gasteiger partial charge in [0.05, 0.1) is 0 Å². The number of carboxylic acid groups (broad SMARTS) is 1. The average molecular weight is 524 g/mol. The lowest BCUT2D eigenvalue weighted by Gasteiger charge is -2.42. The molecule has 9 N–H and O–H groups in total. The van der Waals surface area contributed by atoms with Crippen LogP contribution in [0.3, 0.4) is 0 Å². The summed E-state index contributed by atoms with van der Waals surface area (Å²) < 4.78 is 0. The van der Waals surface area contributed by atoms with Crippen LogP contribution in [0.1, 0.15) is 44.7 Å². The Morgan fingerprint density at radius 1 is 1.03 bits per heavy atom. The van der Waals surface area contributed by atoms with Crippen molar-refractivity contribution in [2.24, 2.45) is 11.5 Å². The molecule has 2 aromatic rings. The van der Waals surface area contributed by atoms with Crippen molar-refractivity contribution in [2.45, 2.75) is 24.9 Å². The molecule has 12 heteroatoms. The number of nitrogens with one attached hydrogen (secondary N) is 4. The molecule has 3 rings (SSSR count). The van der Waals surface area contributed by atoms with Crippen LogP contribution in [0.4, 0.5) is 0 Å². The third kappa shape index (κ3) is 7.14. The van der Waals surface area contributed by atoms with E-state index in [9.17, 15) is 24.3 Å². The minimum atomic E-state index is -1.53. The number of carboxylic acids is 1. The molecule has 12 nitrogen and oxygen atoms in total. The first-order valence-corrected chi connectivity index (χ1v) is 12.3. The highest BCUT2D eigenvalue weighted by Crippen LogP contribution is 2.19. The van der Waals surface area contributed by atoms with Crippen LogP contribution < -0.4 is 27.4 Å². The highest BCUT2D eigenvalue weighted by molar-refractivity contribution is 6.00. The van der Waals surface area contributed by atoms with Gasteiger partial charge in [-0.3, -0.25) is 29.9 Å². The highest BCUT2D eigenvalue weighted by atomic mass is 16.4. The topological polar surface area (TPSA) is 204 Å². The zero-order valence-electron chi connectivity index (χ0n) is 21.0. The summed E-state index contributed by atoms with van der Waals surface area (Å²) in [4.78, 5) is 51.5. The summed E-state index contributed by atoms with van der Waals surface area (Å²) in [6.07, 6.45) is 1.10. The Labute approximate surface area is 220 Å². The van der Waals surface area contributed by atoms with Gasteiger partial charge in [-0.15, -0.1) is 0 Å². The van der Waals surface area contributed by atoms with Crippen molar-refractivity contribution in [1.82, 2.24) is 20.9 Å². The van der Waals surface area contributed by atoms with Gasteiger partial charge in [0.2, 0.25) is 0 Å². The fraction of sp³-hybridized carbons (Fsp3) is 0.346. The molecule has 38 heavy (non-hydrogen) atoms. The van der Waals surface area contributed by atoms with Gasteiger partial charge >= 0.3 is 5.97 Å². The maximum atomic E-state index is 13.4. The van der Waals surface area contributed by atoms with Crippen molar-refractivity contribution in [3.05, 3.63) is 70.8 Å². The average Bonchev–Trinajstić information content (AvgIpc) is 2.89. The number of nitrogens with two attached hydrogens (primary N) is 2. The first kappa shape index (κ1) is 28.3. The number of piperazine rings is 1. The summed E-state index contributed by atoms with van der Waals surface area (Å²) in [7, 11) is 0. The molecule has 0 aromatic heterocycles. The second-order valence-corrected chi connectivity index (χ2v) is 8.99. The zero-order chi connectivity index (χ0) is 27.7. The predicted molar refractivity (Wildman–Crippen MR) is 141 cm³/mol. The normalized spacial score (nSPS) is 17.1. The van der Waals surface area contributed by atoms with E-state index in [0.29, 0.717) is 36.1 Å². The summed E-state index contributed by atoms with van der Waals surface area (Å²) in [6.45, 7) is 0.658. The molecule has 3 amide bonds. The smallest absolute Gasteiger partial charge is 0.323 e. The van der Waals surface area contributed by atoms with E-state index < -0.39 is 30.0 Å². The second kappa shape index (κ2) is 12.8. The number of nitrogens with zero attached hydrogens (tertiary/aromatic N) is 1. The van der Waals surface area contributed by atoms with Gasteiger partial charge in [-0.25, -0.2) is 0 Å². The molecule has 1 atom stereocenters. The molecule has 1 fully saturated rings. The molecule has 1 aliphatic heterocycles. The van der Waals surface area contributed by atoms with Crippen LogP contribution in [-0.4, -0.2) is 77.9 Å². The van der Waals surface area contributed by atoms with Crippen molar-refractivity contribution in [3.63, 3.8) is 0 Å². The van der Waals surface area contributed by atoms with E-state index in [1.165, 1.54) is 4.90 Å². The van der Waals surface area contributed by atoms with Crippen molar-refractivity contribution in [1.29, 1.82) is 5.41 Å². The summed E-state index contributed by atoms with van der Waals surface area (Å²) in [6, 6.07) is 13.1. The number of rotatable bonds is 12. The number of carbonyl (C=O) groups excluding carboxylic acids is 3. The fourth-order valence-corrected chi connectivity index (χ4v) is 4.24. The van der Waals surface area contributed by atoms with E-state index in [1.54, 1.807) is 48.5 Å². The number of amides is 3. The number of hydrogen-bond donors (Lipinski definition) is 7. The van der Waals surface area contributed by atoms with E-state index in [2.05, 4.69) is 16.0 Å². The van der Waals surface area contributed by atoms with Crippen LogP contribution >= 0.6 is 0 Å². The van der Waals surface area contributed by atoms with Crippen LogP contribution in [0.25, 0.3) is 0 Å². The Morgan fingerprint density at radius 3 is 2.24 bits per heavy atom. The molecular weight excluding hydrogens is 490 g/mol. The number of amidine groups is 1. The van der Waals surface area contributed by atoms with Crippen LogP contribution in [0.2, 0.25) is 0 Å². The van der Waals surface area contributed by atoms with Gasteiger partial charge in [0.1, 0.15) is 12.4 Å². The minimum absolute atomic E-state index is 0.0996.